The summed E-state index contributed by atoms with van der Waals surface area (Å²) in [5.74, 6) is -2.04. The van der Waals surface area contributed by atoms with Gasteiger partial charge in [-0.25, -0.2) is 8.78 Å². The van der Waals surface area contributed by atoms with Gasteiger partial charge in [-0.15, -0.1) is 0 Å². The molecule has 0 aromatic heterocycles. The van der Waals surface area contributed by atoms with Gasteiger partial charge in [0.2, 0.25) is 5.91 Å². The largest absolute Gasteiger partial charge is 0.497 e. The highest BCUT2D eigenvalue weighted by molar-refractivity contribution is 5.77. The van der Waals surface area contributed by atoms with E-state index < -0.39 is 5.92 Å². The Morgan fingerprint density at radius 3 is 2.33 bits per heavy atom. The highest BCUT2D eigenvalue weighted by Crippen LogP contribution is 2.15. The van der Waals surface area contributed by atoms with Gasteiger partial charge in [0.05, 0.1) is 20.3 Å². The molecule has 1 fully saturated rings. The zero-order valence-corrected chi connectivity index (χ0v) is 14.1. The molecule has 5 nitrogen and oxygen atoms in total. The fraction of sp³-hybridized carbons (Fsp3) is 0.588. The van der Waals surface area contributed by atoms with Gasteiger partial charge in [-0.3, -0.25) is 9.69 Å². The highest BCUT2D eigenvalue weighted by atomic mass is 19.3. The first kappa shape index (κ1) is 18.6. The van der Waals surface area contributed by atoms with Crippen LogP contribution in [0.4, 0.5) is 8.78 Å². The summed E-state index contributed by atoms with van der Waals surface area (Å²) >= 11 is 0. The topological polar surface area (TPSA) is 42.0 Å². The van der Waals surface area contributed by atoms with Crippen molar-refractivity contribution < 1.29 is 23.0 Å². The second-order valence-electron chi connectivity index (χ2n) is 6.07. The minimum atomic E-state index is -2.70. The van der Waals surface area contributed by atoms with Crippen molar-refractivity contribution in [2.24, 2.45) is 0 Å². The number of benzene rings is 1. The number of hydrogen-bond donors (Lipinski definition) is 0. The van der Waals surface area contributed by atoms with Crippen LogP contribution in [0, 0.1) is 0 Å². The average Bonchev–Trinajstić information content (AvgIpc) is 2.54. The predicted octanol–water partition coefficient (Wildman–Crippen LogP) is 2.01. The van der Waals surface area contributed by atoms with Crippen molar-refractivity contribution >= 4 is 5.91 Å². The van der Waals surface area contributed by atoms with Crippen LogP contribution in [0.5, 0.6) is 5.75 Å². The lowest BCUT2D eigenvalue weighted by atomic mass is 10.2. The van der Waals surface area contributed by atoms with Crippen molar-refractivity contribution in [3.05, 3.63) is 29.8 Å². The second-order valence-corrected chi connectivity index (χ2v) is 6.07. The van der Waals surface area contributed by atoms with Crippen molar-refractivity contribution in [3.63, 3.8) is 0 Å². The van der Waals surface area contributed by atoms with E-state index in [1.54, 1.807) is 16.9 Å². The van der Waals surface area contributed by atoms with Gasteiger partial charge in [-0.05, 0) is 17.7 Å². The number of nitrogens with zero attached hydrogens (tertiary/aromatic N) is 2. The highest BCUT2D eigenvalue weighted by Gasteiger charge is 2.28. The van der Waals surface area contributed by atoms with Crippen molar-refractivity contribution in [2.45, 2.75) is 19.5 Å². The third kappa shape index (κ3) is 6.05. The molecule has 24 heavy (non-hydrogen) atoms. The molecular formula is C17H24F2N2O3. The van der Waals surface area contributed by atoms with E-state index in [1.807, 2.05) is 24.3 Å². The second kappa shape index (κ2) is 8.39. The van der Waals surface area contributed by atoms with E-state index in [4.69, 9.17) is 9.47 Å². The first-order valence-electron chi connectivity index (χ1n) is 7.96. The maximum Gasteiger partial charge on any atom is 0.257 e. The van der Waals surface area contributed by atoms with Gasteiger partial charge in [0.15, 0.2) is 0 Å². The SMILES string of the molecule is COc1ccc(COCC(=O)N2CCN(CC(C)(F)F)CC2)cc1. The number of rotatable bonds is 7. The normalized spacial score (nSPS) is 16.2. The van der Waals surface area contributed by atoms with Crippen LogP contribution in [0.15, 0.2) is 24.3 Å². The van der Waals surface area contributed by atoms with Crippen molar-refractivity contribution in [1.82, 2.24) is 9.80 Å². The molecule has 0 bridgehead atoms. The van der Waals surface area contributed by atoms with Crippen LogP contribution in [-0.2, 0) is 16.1 Å². The Kier molecular flexibility index (Phi) is 6.51. The van der Waals surface area contributed by atoms with Crippen LogP contribution >= 0.6 is 0 Å². The van der Waals surface area contributed by atoms with E-state index in [0.29, 0.717) is 32.8 Å². The molecule has 134 valence electrons. The molecule has 2 rings (SSSR count). The van der Waals surface area contributed by atoms with Crippen LogP contribution in [0.1, 0.15) is 12.5 Å². The van der Waals surface area contributed by atoms with Gasteiger partial charge >= 0.3 is 0 Å². The molecule has 1 aliphatic rings. The van der Waals surface area contributed by atoms with E-state index in [0.717, 1.165) is 18.2 Å². The molecule has 1 heterocycles. The predicted molar refractivity (Wildman–Crippen MR) is 86.3 cm³/mol. The zero-order chi connectivity index (χ0) is 17.6. The van der Waals surface area contributed by atoms with Crippen LogP contribution in [0.2, 0.25) is 0 Å². The van der Waals surface area contributed by atoms with Gasteiger partial charge in [-0.2, -0.15) is 0 Å². The number of piperazine rings is 1. The first-order valence-corrected chi connectivity index (χ1v) is 7.96. The molecule has 0 radical (unpaired) electrons. The Morgan fingerprint density at radius 1 is 1.17 bits per heavy atom. The maximum absolute atomic E-state index is 13.0. The Bertz CT molecular complexity index is 524. The van der Waals surface area contributed by atoms with Crippen molar-refractivity contribution in [1.29, 1.82) is 0 Å². The Morgan fingerprint density at radius 2 is 1.79 bits per heavy atom. The molecule has 1 saturated heterocycles. The van der Waals surface area contributed by atoms with Crippen LogP contribution in [-0.4, -0.2) is 68.1 Å². The van der Waals surface area contributed by atoms with E-state index in [-0.39, 0.29) is 19.1 Å². The molecule has 0 saturated carbocycles. The number of hydrogen-bond acceptors (Lipinski definition) is 4. The number of halogens is 2. The smallest absolute Gasteiger partial charge is 0.257 e. The van der Waals surface area contributed by atoms with Crippen molar-refractivity contribution in [2.75, 3.05) is 46.4 Å². The van der Waals surface area contributed by atoms with E-state index in [2.05, 4.69) is 0 Å². The number of carbonyl (C=O) groups is 1. The van der Waals surface area contributed by atoms with Gasteiger partial charge < -0.3 is 14.4 Å². The molecule has 1 aromatic carbocycles. The summed E-state index contributed by atoms with van der Waals surface area (Å²) in [6.07, 6.45) is 0. The number of amides is 1. The zero-order valence-electron chi connectivity index (χ0n) is 14.1. The van der Waals surface area contributed by atoms with Gasteiger partial charge in [-0.1, -0.05) is 12.1 Å². The summed E-state index contributed by atoms with van der Waals surface area (Å²) in [6.45, 7) is 2.84. The molecule has 1 amide bonds. The lowest BCUT2D eigenvalue weighted by Gasteiger charge is -2.35. The lowest BCUT2D eigenvalue weighted by Crippen LogP contribution is -2.51. The molecule has 1 aliphatic heterocycles. The molecule has 0 unspecified atom stereocenters. The molecule has 7 heteroatoms. The molecular weight excluding hydrogens is 318 g/mol. The number of carbonyl (C=O) groups excluding carboxylic acids is 1. The van der Waals surface area contributed by atoms with E-state index >= 15 is 0 Å². The fourth-order valence-electron chi connectivity index (χ4n) is 2.62. The number of ether oxygens (including phenoxy) is 2. The minimum absolute atomic E-state index is 0.00400. The summed E-state index contributed by atoms with van der Waals surface area (Å²) in [7, 11) is 1.60. The Balaban J connectivity index is 1.68. The molecule has 0 aliphatic carbocycles. The number of methoxy groups -OCH3 is 1. The third-order valence-electron chi connectivity index (χ3n) is 3.88. The van der Waals surface area contributed by atoms with Crippen molar-refractivity contribution in [3.8, 4) is 5.75 Å². The first-order chi connectivity index (χ1) is 11.4. The molecule has 0 atom stereocenters. The monoisotopic (exact) mass is 342 g/mol. The number of alkyl halides is 2. The summed E-state index contributed by atoms with van der Waals surface area (Å²) in [5.41, 5.74) is 0.957. The quantitative estimate of drug-likeness (QED) is 0.760. The summed E-state index contributed by atoms with van der Waals surface area (Å²) in [4.78, 5) is 15.4. The third-order valence-corrected chi connectivity index (χ3v) is 3.88. The van der Waals surface area contributed by atoms with Gasteiger partial charge in [0, 0.05) is 33.1 Å². The molecule has 1 aromatic rings. The minimum Gasteiger partial charge on any atom is -0.497 e. The van der Waals surface area contributed by atoms with E-state index in [9.17, 15) is 13.6 Å². The maximum atomic E-state index is 13.0. The molecule has 0 spiro atoms. The average molecular weight is 342 g/mol. The lowest BCUT2D eigenvalue weighted by molar-refractivity contribution is -0.138. The van der Waals surface area contributed by atoms with Gasteiger partial charge in [0.25, 0.3) is 5.92 Å². The van der Waals surface area contributed by atoms with Crippen LogP contribution in [0.25, 0.3) is 0 Å². The Hall–Kier alpha value is -1.73. The van der Waals surface area contributed by atoms with Crippen LogP contribution < -0.4 is 4.74 Å². The summed E-state index contributed by atoms with van der Waals surface area (Å²) in [5, 5.41) is 0. The summed E-state index contributed by atoms with van der Waals surface area (Å²) < 4.78 is 36.5. The Labute approximate surface area is 141 Å². The van der Waals surface area contributed by atoms with E-state index in [1.165, 1.54) is 0 Å². The molecule has 0 N–H and O–H groups in total. The summed E-state index contributed by atoms with van der Waals surface area (Å²) in [6, 6.07) is 7.44. The standard InChI is InChI=1S/C17H24F2N2O3/c1-17(18,19)13-20-7-9-21(10-8-20)16(22)12-24-11-14-3-5-15(23-2)6-4-14/h3-6H,7-13H2,1-2H3. The van der Waals surface area contributed by atoms with Crippen LogP contribution in [0.3, 0.4) is 0 Å². The fourth-order valence-corrected chi connectivity index (χ4v) is 2.62. The van der Waals surface area contributed by atoms with Gasteiger partial charge in [0.1, 0.15) is 12.4 Å².